The second kappa shape index (κ2) is 4.97. The fourth-order valence-corrected chi connectivity index (χ4v) is 1.53. The molecule has 0 heterocycles. The number of nitrogens with zero attached hydrogens (tertiary/aromatic N) is 1. The van der Waals surface area contributed by atoms with Gasteiger partial charge in [-0.25, -0.2) is 8.93 Å². The minimum absolute atomic E-state index is 0.704. The van der Waals surface area contributed by atoms with E-state index in [9.17, 15) is 17.4 Å². The summed E-state index contributed by atoms with van der Waals surface area (Å²) in [6.45, 7) is 7.58. The van der Waals surface area contributed by atoms with E-state index in [2.05, 4.69) is 6.58 Å². The molecule has 1 N–H and O–H groups in total. The van der Waals surface area contributed by atoms with Crippen molar-refractivity contribution in [3.63, 3.8) is 0 Å². The van der Waals surface area contributed by atoms with Gasteiger partial charge in [-0.2, -0.15) is 18.4 Å². The molecule has 0 aliphatic carbocycles. The average molecular weight is 254 g/mol. The average Bonchev–Trinajstić information content (AvgIpc) is 2.09. The van der Waals surface area contributed by atoms with Gasteiger partial charge in [0.15, 0.2) is 0 Å². The molecule has 0 saturated heterocycles. The minimum atomic E-state index is -4.69. The highest BCUT2D eigenvalue weighted by Crippen LogP contribution is 2.26. The van der Waals surface area contributed by atoms with Crippen molar-refractivity contribution in [1.29, 1.82) is 5.26 Å². The maximum absolute atomic E-state index is 12.5. The Hall–Kier alpha value is -0.870. The first-order chi connectivity index (χ1) is 7.00. The molecule has 0 saturated carbocycles. The molecule has 16 heavy (non-hydrogen) atoms. The van der Waals surface area contributed by atoms with Crippen molar-refractivity contribution in [2.75, 3.05) is 0 Å². The summed E-state index contributed by atoms with van der Waals surface area (Å²) in [5, 5.41) is 8.40. The van der Waals surface area contributed by atoms with E-state index in [0.717, 1.165) is 0 Å². The van der Waals surface area contributed by atoms with Crippen LogP contribution in [0.4, 0.5) is 13.2 Å². The topological polar surface area (TPSA) is 52.9 Å². The summed E-state index contributed by atoms with van der Waals surface area (Å²) in [6, 6.07) is -0.949. The number of hydrogen-bond donors (Lipinski definition) is 1. The third kappa shape index (κ3) is 4.33. The van der Waals surface area contributed by atoms with Crippen LogP contribution in [0.25, 0.3) is 0 Å². The van der Waals surface area contributed by atoms with Gasteiger partial charge in [-0.3, -0.25) is 0 Å². The molecule has 3 nitrogen and oxygen atoms in total. The zero-order chi connectivity index (χ0) is 13.1. The highest BCUT2D eigenvalue weighted by atomic mass is 32.2. The molecule has 0 aliphatic rings. The molecule has 0 fully saturated rings. The van der Waals surface area contributed by atoms with Gasteiger partial charge in [0, 0.05) is 5.57 Å². The number of alkyl halides is 3. The molecule has 0 rings (SSSR count). The van der Waals surface area contributed by atoms with Crippen LogP contribution in [0, 0.1) is 11.3 Å². The smallest absolute Gasteiger partial charge is 0.242 e. The lowest BCUT2D eigenvalue weighted by Crippen LogP contribution is -2.48. The fraction of sp³-hybridized carbons (Fsp3) is 0.667. The van der Waals surface area contributed by atoms with E-state index in [-0.39, 0.29) is 0 Å². The second-order valence-corrected chi connectivity index (χ2v) is 6.11. The fourth-order valence-electron chi connectivity index (χ4n) is 0.684. The maximum Gasteiger partial charge on any atom is 0.409 e. The van der Waals surface area contributed by atoms with Crippen LogP contribution >= 0.6 is 0 Å². The standard InChI is InChI=1S/C9H13F3N2OS/c1-6(5-13)7(9(10,11)12)14-16(15)8(2,3)4/h7,14H,1H2,2-4H3/t7-,16?/m1/s1. The predicted octanol–water partition coefficient (Wildman–Crippen LogP) is 2.05. The molecule has 0 aromatic heterocycles. The molecule has 0 aliphatic heterocycles. The van der Waals surface area contributed by atoms with E-state index >= 15 is 0 Å². The third-order valence-corrected chi connectivity index (χ3v) is 3.16. The number of hydrogen-bond acceptors (Lipinski definition) is 2. The van der Waals surface area contributed by atoms with E-state index in [1.807, 2.05) is 4.72 Å². The maximum atomic E-state index is 12.5. The van der Waals surface area contributed by atoms with Crippen LogP contribution in [0.5, 0.6) is 0 Å². The molecule has 1 unspecified atom stereocenters. The van der Waals surface area contributed by atoms with E-state index in [4.69, 9.17) is 5.26 Å². The molecule has 92 valence electrons. The normalized spacial score (nSPS) is 16.3. The van der Waals surface area contributed by atoms with Crippen molar-refractivity contribution in [2.45, 2.75) is 37.7 Å². The molecule has 0 aromatic carbocycles. The molecule has 0 spiro atoms. The summed E-state index contributed by atoms with van der Waals surface area (Å²) in [7, 11) is -1.92. The third-order valence-electron chi connectivity index (χ3n) is 1.60. The van der Waals surface area contributed by atoms with Gasteiger partial charge in [-0.1, -0.05) is 6.58 Å². The van der Waals surface area contributed by atoms with Crippen LogP contribution in [0.1, 0.15) is 20.8 Å². The molecular weight excluding hydrogens is 241 g/mol. The summed E-state index contributed by atoms with van der Waals surface area (Å²) in [5.41, 5.74) is -0.704. The lowest BCUT2D eigenvalue weighted by molar-refractivity contribution is -0.141. The van der Waals surface area contributed by atoms with E-state index < -0.39 is 33.5 Å². The van der Waals surface area contributed by atoms with Crippen molar-refractivity contribution in [3.05, 3.63) is 12.2 Å². The van der Waals surface area contributed by atoms with Gasteiger partial charge >= 0.3 is 6.18 Å². The Morgan fingerprint density at radius 1 is 1.44 bits per heavy atom. The highest BCUT2D eigenvalue weighted by molar-refractivity contribution is 7.84. The summed E-state index contributed by atoms with van der Waals surface area (Å²) >= 11 is 0. The van der Waals surface area contributed by atoms with E-state index in [0.29, 0.717) is 0 Å². The Balaban J connectivity index is 4.93. The van der Waals surface area contributed by atoms with Gasteiger partial charge in [-0.05, 0) is 20.8 Å². The first-order valence-electron chi connectivity index (χ1n) is 4.34. The lowest BCUT2D eigenvalue weighted by atomic mass is 10.1. The lowest BCUT2D eigenvalue weighted by Gasteiger charge is -2.25. The van der Waals surface area contributed by atoms with Crippen molar-refractivity contribution >= 4 is 11.0 Å². The number of halogens is 3. The summed E-state index contributed by atoms with van der Waals surface area (Å²) < 4.78 is 50.0. The van der Waals surface area contributed by atoms with E-state index in [1.54, 1.807) is 0 Å². The highest BCUT2D eigenvalue weighted by Gasteiger charge is 2.43. The molecule has 2 atom stereocenters. The number of nitriles is 1. The Morgan fingerprint density at radius 3 is 2.12 bits per heavy atom. The van der Waals surface area contributed by atoms with Gasteiger partial charge in [0.25, 0.3) is 0 Å². The molecular formula is C9H13F3N2OS. The van der Waals surface area contributed by atoms with Gasteiger partial charge in [-0.15, -0.1) is 0 Å². The zero-order valence-electron chi connectivity index (χ0n) is 9.18. The first kappa shape index (κ1) is 15.1. The van der Waals surface area contributed by atoms with Crippen molar-refractivity contribution < 1.29 is 17.4 Å². The summed E-state index contributed by atoms with van der Waals surface area (Å²) in [6.07, 6.45) is -4.69. The van der Waals surface area contributed by atoms with Crippen LogP contribution in [0.2, 0.25) is 0 Å². The number of rotatable bonds is 3. The Bertz CT molecular complexity index is 338. The summed E-state index contributed by atoms with van der Waals surface area (Å²) in [5.74, 6) is 0. The zero-order valence-corrected chi connectivity index (χ0v) is 10.00. The van der Waals surface area contributed by atoms with Crippen molar-refractivity contribution in [1.82, 2.24) is 4.72 Å². The first-order valence-corrected chi connectivity index (χ1v) is 5.48. The quantitative estimate of drug-likeness (QED) is 0.784. The molecule has 0 bridgehead atoms. The van der Waals surface area contributed by atoms with Gasteiger partial charge in [0.05, 0.1) is 21.8 Å². The van der Waals surface area contributed by atoms with Crippen LogP contribution < -0.4 is 4.72 Å². The molecule has 7 heteroatoms. The van der Waals surface area contributed by atoms with Crippen molar-refractivity contribution in [2.24, 2.45) is 0 Å². The largest absolute Gasteiger partial charge is 0.409 e. The number of nitrogens with one attached hydrogen (secondary N) is 1. The minimum Gasteiger partial charge on any atom is -0.242 e. The van der Waals surface area contributed by atoms with Crippen molar-refractivity contribution in [3.8, 4) is 6.07 Å². The Morgan fingerprint density at radius 2 is 1.88 bits per heavy atom. The summed E-state index contributed by atoms with van der Waals surface area (Å²) in [4.78, 5) is 0. The van der Waals surface area contributed by atoms with Gasteiger partial charge in [0.1, 0.15) is 6.04 Å². The predicted molar refractivity (Wildman–Crippen MR) is 55.6 cm³/mol. The van der Waals surface area contributed by atoms with Gasteiger partial charge < -0.3 is 0 Å². The monoisotopic (exact) mass is 254 g/mol. The van der Waals surface area contributed by atoms with E-state index in [1.165, 1.54) is 26.8 Å². The second-order valence-electron chi connectivity index (χ2n) is 4.11. The molecule has 0 amide bonds. The van der Waals surface area contributed by atoms with Gasteiger partial charge in [0.2, 0.25) is 0 Å². The SMILES string of the molecule is C=C(C#N)[C@@H](NS(=O)C(C)(C)C)C(F)(F)F. The van der Waals surface area contributed by atoms with Crippen LogP contribution in [0.3, 0.4) is 0 Å². The molecule has 0 radical (unpaired) electrons. The van der Waals surface area contributed by atoms with Crippen LogP contribution in [-0.4, -0.2) is 21.2 Å². The molecule has 0 aromatic rings. The Labute approximate surface area is 94.9 Å². The Kier molecular flexibility index (Phi) is 4.70. The van der Waals surface area contributed by atoms with Crippen LogP contribution in [-0.2, 0) is 11.0 Å². The van der Waals surface area contributed by atoms with Crippen LogP contribution in [0.15, 0.2) is 12.2 Å².